The molecular formula is C16H14ClF2N. The van der Waals surface area contributed by atoms with E-state index in [1.165, 1.54) is 24.3 Å². The van der Waals surface area contributed by atoms with Crippen LogP contribution in [0.1, 0.15) is 24.3 Å². The Bertz CT molecular complexity index is 606. The van der Waals surface area contributed by atoms with Crippen LogP contribution in [0.15, 0.2) is 42.5 Å². The van der Waals surface area contributed by atoms with Gasteiger partial charge in [-0.25, -0.2) is 8.78 Å². The Balaban J connectivity index is 1.59. The molecule has 0 unspecified atom stereocenters. The molecule has 0 bridgehead atoms. The maximum Gasteiger partial charge on any atom is 0.124 e. The van der Waals surface area contributed by atoms with E-state index in [2.05, 4.69) is 5.32 Å². The molecule has 0 spiro atoms. The number of hydrogen-bond donors (Lipinski definition) is 1. The van der Waals surface area contributed by atoms with Crippen LogP contribution in [0.4, 0.5) is 14.5 Å². The zero-order valence-corrected chi connectivity index (χ0v) is 11.5. The quantitative estimate of drug-likeness (QED) is 0.842. The van der Waals surface area contributed by atoms with Crippen molar-refractivity contribution in [2.45, 2.75) is 24.8 Å². The summed E-state index contributed by atoms with van der Waals surface area (Å²) in [6.45, 7) is 0. The van der Waals surface area contributed by atoms with Crippen molar-refractivity contribution in [1.29, 1.82) is 0 Å². The van der Waals surface area contributed by atoms with Crippen LogP contribution < -0.4 is 5.32 Å². The molecule has 1 fully saturated rings. The monoisotopic (exact) mass is 293 g/mol. The molecule has 104 valence electrons. The SMILES string of the molecule is Fc1ccc(C2CC(Nc3ccc(F)cc3Cl)C2)cc1. The fourth-order valence-corrected chi connectivity index (χ4v) is 2.79. The van der Waals surface area contributed by atoms with Gasteiger partial charge >= 0.3 is 0 Å². The van der Waals surface area contributed by atoms with Gasteiger partial charge in [0.1, 0.15) is 11.6 Å². The molecule has 1 saturated carbocycles. The summed E-state index contributed by atoms with van der Waals surface area (Å²) in [7, 11) is 0. The maximum atomic E-state index is 13.0. The summed E-state index contributed by atoms with van der Waals surface area (Å²) >= 11 is 5.98. The Kier molecular flexibility index (Phi) is 3.62. The standard InChI is InChI=1S/C16H14ClF2N/c17-15-9-13(19)5-6-16(15)20-14-7-11(8-14)10-1-3-12(18)4-2-10/h1-6,9,11,14,20H,7-8H2. The van der Waals surface area contributed by atoms with Crippen LogP contribution >= 0.6 is 11.6 Å². The second-order valence-corrected chi connectivity index (χ2v) is 5.59. The number of nitrogens with one attached hydrogen (secondary N) is 1. The highest BCUT2D eigenvalue weighted by atomic mass is 35.5. The minimum atomic E-state index is -0.335. The van der Waals surface area contributed by atoms with Gasteiger partial charge in [0.05, 0.1) is 10.7 Å². The first-order valence-electron chi connectivity index (χ1n) is 6.59. The van der Waals surface area contributed by atoms with Gasteiger partial charge in [-0.1, -0.05) is 23.7 Å². The summed E-state index contributed by atoms with van der Waals surface area (Å²) in [6.07, 6.45) is 1.94. The first-order valence-corrected chi connectivity index (χ1v) is 6.96. The van der Waals surface area contributed by atoms with Gasteiger partial charge in [-0.3, -0.25) is 0 Å². The summed E-state index contributed by atoms with van der Waals surface area (Å²) in [6, 6.07) is 11.3. The Labute approximate surface area is 121 Å². The van der Waals surface area contributed by atoms with Crippen LogP contribution in [0.25, 0.3) is 0 Å². The Morgan fingerprint density at radius 1 is 0.950 bits per heavy atom. The normalized spacial score (nSPS) is 21.4. The lowest BCUT2D eigenvalue weighted by Crippen LogP contribution is -2.34. The van der Waals surface area contributed by atoms with Crippen molar-refractivity contribution >= 4 is 17.3 Å². The zero-order valence-electron chi connectivity index (χ0n) is 10.7. The van der Waals surface area contributed by atoms with E-state index in [4.69, 9.17) is 11.6 Å². The molecule has 0 saturated heterocycles. The van der Waals surface area contributed by atoms with E-state index in [-0.39, 0.29) is 11.6 Å². The number of anilines is 1. The van der Waals surface area contributed by atoms with Crippen molar-refractivity contribution in [3.05, 3.63) is 64.7 Å². The lowest BCUT2D eigenvalue weighted by molar-refractivity contribution is 0.374. The van der Waals surface area contributed by atoms with Gasteiger partial charge < -0.3 is 5.32 Å². The fraction of sp³-hybridized carbons (Fsp3) is 0.250. The van der Waals surface area contributed by atoms with Crippen molar-refractivity contribution in [2.24, 2.45) is 0 Å². The van der Waals surface area contributed by atoms with Crippen LogP contribution in [-0.2, 0) is 0 Å². The third-order valence-electron chi connectivity index (χ3n) is 3.77. The van der Waals surface area contributed by atoms with E-state index in [9.17, 15) is 8.78 Å². The Morgan fingerprint density at radius 3 is 2.25 bits per heavy atom. The van der Waals surface area contributed by atoms with Crippen LogP contribution in [0.5, 0.6) is 0 Å². The molecule has 2 aromatic rings. The van der Waals surface area contributed by atoms with Crippen molar-refractivity contribution < 1.29 is 8.78 Å². The second-order valence-electron chi connectivity index (χ2n) is 5.19. The molecule has 1 aliphatic rings. The van der Waals surface area contributed by atoms with Gasteiger partial charge in [0, 0.05) is 6.04 Å². The van der Waals surface area contributed by atoms with E-state index in [1.807, 2.05) is 12.1 Å². The van der Waals surface area contributed by atoms with Crippen molar-refractivity contribution in [1.82, 2.24) is 0 Å². The summed E-state index contributed by atoms with van der Waals surface area (Å²) in [5, 5.41) is 3.71. The highest BCUT2D eigenvalue weighted by Gasteiger charge is 2.30. The number of rotatable bonds is 3. The average Bonchev–Trinajstić information content (AvgIpc) is 2.37. The van der Waals surface area contributed by atoms with Crippen LogP contribution in [0.3, 0.4) is 0 Å². The topological polar surface area (TPSA) is 12.0 Å². The molecular weight excluding hydrogens is 280 g/mol. The van der Waals surface area contributed by atoms with E-state index >= 15 is 0 Å². The van der Waals surface area contributed by atoms with Crippen molar-refractivity contribution in [3.63, 3.8) is 0 Å². The number of benzene rings is 2. The molecule has 2 aromatic carbocycles. The molecule has 0 atom stereocenters. The summed E-state index contributed by atoms with van der Waals surface area (Å²) in [5.74, 6) is -0.0912. The molecule has 0 aliphatic heterocycles. The van der Waals surface area contributed by atoms with Crippen molar-refractivity contribution in [2.75, 3.05) is 5.32 Å². The molecule has 0 aromatic heterocycles. The predicted octanol–water partition coefficient (Wildman–Crippen LogP) is 4.98. The molecule has 0 heterocycles. The van der Waals surface area contributed by atoms with Gasteiger partial charge in [-0.15, -0.1) is 0 Å². The minimum Gasteiger partial charge on any atom is -0.381 e. The van der Waals surface area contributed by atoms with Crippen LogP contribution in [-0.4, -0.2) is 6.04 Å². The van der Waals surface area contributed by atoms with Gasteiger partial charge in [0.2, 0.25) is 0 Å². The summed E-state index contributed by atoms with van der Waals surface area (Å²) < 4.78 is 25.8. The second kappa shape index (κ2) is 5.41. The predicted molar refractivity (Wildman–Crippen MR) is 77.2 cm³/mol. The largest absolute Gasteiger partial charge is 0.381 e. The van der Waals surface area contributed by atoms with E-state index < -0.39 is 0 Å². The van der Waals surface area contributed by atoms with Gasteiger partial charge in [0.25, 0.3) is 0 Å². The van der Waals surface area contributed by atoms with Crippen LogP contribution in [0.2, 0.25) is 5.02 Å². The Morgan fingerprint density at radius 2 is 1.60 bits per heavy atom. The first kappa shape index (κ1) is 13.4. The molecule has 3 rings (SSSR count). The van der Waals surface area contributed by atoms with Crippen molar-refractivity contribution in [3.8, 4) is 0 Å². The van der Waals surface area contributed by atoms with E-state index in [0.29, 0.717) is 17.0 Å². The van der Waals surface area contributed by atoms with Gasteiger partial charge in [-0.2, -0.15) is 0 Å². The molecule has 1 aliphatic carbocycles. The van der Waals surface area contributed by atoms with E-state index in [1.54, 1.807) is 6.07 Å². The van der Waals surface area contributed by atoms with Crippen LogP contribution in [0, 0.1) is 11.6 Å². The third-order valence-corrected chi connectivity index (χ3v) is 4.08. The molecule has 0 radical (unpaired) electrons. The highest BCUT2D eigenvalue weighted by Crippen LogP contribution is 2.39. The smallest absolute Gasteiger partial charge is 0.124 e. The van der Waals surface area contributed by atoms with E-state index in [0.717, 1.165) is 24.1 Å². The highest BCUT2D eigenvalue weighted by molar-refractivity contribution is 6.33. The lowest BCUT2D eigenvalue weighted by Gasteiger charge is -2.37. The maximum absolute atomic E-state index is 13.0. The molecule has 0 amide bonds. The number of hydrogen-bond acceptors (Lipinski definition) is 1. The van der Waals surface area contributed by atoms with Gasteiger partial charge in [-0.05, 0) is 54.7 Å². The summed E-state index contributed by atoms with van der Waals surface area (Å²) in [5.41, 5.74) is 1.92. The molecule has 4 heteroatoms. The Hall–Kier alpha value is -1.61. The molecule has 20 heavy (non-hydrogen) atoms. The fourth-order valence-electron chi connectivity index (χ4n) is 2.57. The minimum absolute atomic E-state index is 0.208. The lowest BCUT2D eigenvalue weighted by atomic mass is 9.76. The number of halogens is 3. The summed E-state index contributed by atoms with van der Waals surface area (Å²) in [4.78, 5) is 0. The average molecular weight is 294 g/mol. The molecule has 1 nitrogen and oxygen atoms in total. The van der Waals surface area contributed by atoms with Gasteiger partial charge in [0.15, 0.2) is 0 Å². The third kappa shape index (κ3) is 2.78. The zero-order chi connectivity index (χ0) is 14.1. The molecule has 1 N–H and O–H groups in total. The first-order chi connectivity index (χ1) is 9.61.